The molecule has 6 heteroatoms. The summed E-state index contributed by atoms with van der Waals surface area (Å²) in [4.78, 5) is 7.29. The summed E-state index contributed by atoms with van der Waals surface area (Å²) >= 11 is 0. The Balaban J connectivity index is 0.00000288. The molecule has 0 radical (unpaired) electrons. The molecule has 0 spiro atoms. The van der Waals surface area contributed by atoms with Crippen molar-refractivity contribution in [3.8, 4) is 0 Å². The van der Waals surface area contributed by atoms with E-state index in [-0.39, 0.29) is 35.5 Å². The number of aliphatic hydroxyl groups excluding tert-OH is 1. The van der Waals surface area contributed by atoms with Crippen LogP contribution in [-0.2, 0) is 0 Å². The topological polar surface area (TPSA) is 59.9 Å². The minimum atomic E-state index is -0.212. The molecule has 5 nitrogen and oxygen atoms in total. The van der Waals surface area contributed by atoms with Crippen molar-refractivity contribution >= 4 is 29.9 Å². The van der Waals surface area contributed by atoms with Gasteiger partial charge in [0.1, 0.15) is 0 Å². The Morgan fingerprint density at radius 2 is 1.92 bits per heavy atom. The van der Waals surface area contributed by atoms with Gasteiger partial charge in [0, 0.05) is 25.0 Å². The predicted octanol–water partition coefficient (Wildman–Crippen LogP) is 2.59. The summed E-state index contributed by atoms with van der Waals surface area (Å²) in [6, 6.07) is 0. The molecule has 2 fully saturated rings. The second-order valence-electron chi connectivity index (χ2n) is 7.44. The molecule has 2 rings (SSSR count). The highest BCUT2D eigenvalue weighted by molar-refractivity contribution is 14.0. The maximum atomic E-state index is 10.3. The molecule has 1 saturated heterocycles. The van der Waals surface area contributed by atoms with Crippen LogP contribution in [0.25, 0.3) is 0 Å². The van der Waals surface area contributed by atoms with Crippen LogP contribution in [0.5, 0.6) is 0 Å². The summed E-state index contributed by atoms with van der Waals surface area (Å²) in [6.45, 7) is 10.3. The van der Waals surface area contributed by atoms with E-state index in [1.54, 1.807) is 0 Å². The first-order chi connectivity index (χ1) is 11.1. The molecule has 1 heterocycles. The van der Waals surface area contributed by atoms with Crippen molar-refractivity contribution < 1.29 is 5.11 Å². The molecular weight excluding hydrogens is 415 g/mol. The van der Waals surface area contributed by atoms with Gasteiger partial charge < -0.3 is 20.6 Å². The number of nitrogens with zero attached hydrogens (tertiary/aromatic N) is 2. The van der Waals surface area contributed by atoms with E-state index in [0.717, 1.165) is 44.9 Å². The van der Waals surface area contributed by atoms with Crippen LogP contribution in [-0.4, -0.2) is 61.3 Å². The van der Waals surface area contributed by atoms with Gasteiger partial charge in [0.2, 0.25) is 0 Å². The number of rotatable bonds is 6. The highest BCUT2D eigenvalue weighted by atomic mass is 127. The van der Waals surface area contributed by atoms with Gasteiger partial charge in [0.15, 0.2) is 5.96 Å². The molecule has 2 unspecified atom stereocenters. The highest BCUT2D eigenvalue weighted by Gasteiger charge is 2.35. The molecule has 1 aliphatic carbocycles. The lowest BCUT2D eigenvalue weighted by molar-refractivity contribution is 0.00716. The summed E-state index contributed by atoms with van der Waals surface area (Å²) in [7, 11) is 0. The molecule has 1 saturated carbocycles. The van der Waals surface area contributed by atoms with E-state index in [9.17, 15) is 5.11 Å². The monoisotopic (exact) mass is 452 g/mol. The van der Waals surface area contributed by atoms with Crippen molar-refractivity contribution in [3.63, 3.8) is 0 Å². The smallest absolute Gasteiger partial charge is 0.191 e. The van der Waals surface area contributed by atoms with Gasteiger partial charge >= 0.3 is 0 Å². The van der Waals surface area contributed by atoms with Crippen molar-refractivity contribution in [2.75, 3.05) is 39.3 Å². The number of likely N-dealkylation sites (tertiary alicyclic amines) is 1. The summed E-state index contributed by atoms with van der Waals surface area (Å²) in [5, 5.41) is 17.1. The summed E-state index contributed by atoms with van der Waals surface area (Å²) in [5.41, 5.74) is -0.0620. The van der Waals surface area contributed by atoms with Crippen LogP contribution in [0.1, 0.15) is 58.8 Å². The number of hydrogen-bond acceptors (Lipinski definition) is 3. The van der Waals surface area contributed by atoms with E-state index in [2.05, 4.69) is 29.4 Å². The maximum absolute atomic E-state index is 10.3. The Labute approximate surface area is 165 Å². The largest absolute Gasteiger partial charge is 0.392 e. The lowest BCUT2D eigenvalue weighted by Crippen LogP contribution is -2.44. The van der Waals surface area contributed by atoms with Crippen LogP contribution in [0, 0.1) is 5.41 Å². The zero-order valence-electron chi connectivity index (χ0n) is 15.5. The normalized spacial score (nSPS) is 29.0. The number of nitrogens with one attached hydrogen (secondary N) is 2. The molecule has 3 N–H and O–H groups in total. The minimum Gasteiger partial charge on any atom is -0.392 e. The lowest BCUT2D eigenvalue weighted by Gasteiger charge is -2.37. The first-order valence-electron chi connectivity index (χ1n) is 9.56. The number of halogens is 1. The zero-order chi connectivity index (χ0) is 16.5. The molecule has 0 aromatic heterocycles. The van der Waals surface area contributed by atoms with Gasteiger partial charge in [-0.15, -0.1) is 24.0 Å². The van der Waals surface area contributed by atoms with Crippen molar-refractivity contribution in [2.24, 2.45) is 10.4 Å². The molecule has 24 heavy (non-hydrogen) atoms. The van der Waals surface area contributed by atoms with Gasteiger partial charge in [-0.3, -0.25) is 4.99 Å². The Hall–Kier alpha value is -0.0800. The standard InChI is InChI=1S/C18H36N4O.HI/c1-3-19-17(20-11-14-22-12-7-4-8-13-22)21-15-18(2)10-6-5-9-16(18)23;/h16,23H,3-15H2,1-2H3,(H2,19,20,21);1H. The first-order valence-corrected chi connectivity index (χ1v) is 9.56. The predicted molar refractivity (Wildman–Crippen MR) is 112 cm³/mol. The zero-order valence-corrected chi connectivity index (χ0v) is 17.8. The van der Waals surface area contributed by atoms with E-state index >= 15 is 0 Å². The Kier molecular flexibility index (Phi) is 10.5. The Morgan fingerprint density at radius 1 is 1.17 bits per heavy atom. The highest BCUT2D eigenvalue weighted by Crippen LogP contribution is 2.36. The van der Waals surface area contributed by atoms with E-state index in [4.69, 9.17) is 4.99 Å². The van der Waals surface area contributed by atoms with Crippen molar-refractivity contribution in [3.05, 3.63) is 0 Å². The molecule has 1 aliphatic heterocycles. The third-order valence-electron chi connectivity index (χ3n) is 5.39. The van der Waals surface area contributed by atoms with Crippen LogP contribution >= 0.6 is 24.0 Å². The number of piperidine rings is 1. The fourth-order valence-electron chi connectivity index (χ4n) is 3.68. The van der Waals surface area contributed by atoms with Crippen molar-refractivity contribution in [1.29, 1.82) is 0 Å². The average Bonchev–Trinajstić information content (AvgIpc) is 2.57. The Bertz CT molecular complexity index is 374. The number of guanidine groups is 1. The van der Waals surface area contributed by atoms with Crippen LogP contribution in [0.3, 0.4) is 0 Å². The SMILES string of the molecule is CCNC(=NCC1(C)CCCCC1O)NCCN1CCCCC1.I. The van der Waals surface area contributed by atoms with Gasteiger partial charge in [-0.25, -0.2) is 0 Å². The second-order valence-corrected chi connectivity index (χ2v) is 7.44. The van der Waals surface area contributed by atoms with Gasteiger partial charge in [-0.2, -0.15) is 0 Å². The first kappa shape index (κ1) is 22.0. The molecule has 2 aliphatic rings. The van der Waals surface area contributed by atoms with E-state index < -0.39 is 0 Å². The maximum Gasteiger partial charge on any atom is 0.191 e. The van der Waals surface area contributed by atoms with Crippen molar-refractivity contribution in [2.45, 2.75) is 64.9 Å². The molecular formula is C18H37IN4O. The average molecular weight is 452 g/mol. The third-order valence-corrected chi connectivity index (χ3v) is 5.39. The molecule has 0 aromatic rings. The lowest BCUT2D eigenvalue weighted by atomic mass is 9.73. The van der Waals surface area contributed by atoms with Gasteiger partial charge in [0.25, 0.3) is 0 Å². The molecule has 142 valence electrons. The second kappa shape index (κ2) is 11.5. The molecule has 0 bridgehead atoms. The van der Waals surface area contributed by atoms with Gasteiger partial charge in [-0.05, 0) is 45.7 Å². The fourth-order valence-corrected chi connectivity index (χ4v) is 3.68. The van der Waals surface area contributed by atoms with E-state index in [0.29, 0.717) is 6.54 Å². The summed E-state index contributed by atoms with van der Waals surface area (Å²) < 4.78 is 0. The van der Waals surface area contributed by atoms with Crippen LogP contribution < -0.4 is 10.6 Å². The number of hydrogen-bond donors (Lipinski definition) is 3. The number of aliphatic hydroxyl groups is 1. The minimum absolute atomic E-state index is 0. The summed E-state index contributed by atoms with van der Waals surface area (Å²) in [5.74, 6) is 0.892. The Morgan fingerprint density at radius 3 is 2.58 bits per heavy atom. The fraction of sp³-hybridized carbons (Fsp3) is 0.944. The van der Waals surface area contributed by atoms with Crippen LogP contribution in [0.2, 0.25) is 0 Å². The van der Waals surface area contributed by atoms with E-state index in [1.165, 1.54) is 38.8 Å². The van der Waals surface area contributed by atoms with E-state index in [1.807, 2.05) is 0 Å². The quantitative estimate of drug-likeness (QED) is 0.330. The van der Waals surface area contributed by atoms with Gasteiger partial charge in [0.05, 0.1) is 12.6 Å². The third kappa shape index (κ3) is 7.04. The van der Waals surface area contributed by atoms with Crippen LogP contribution in [0.4, 0.5) is 0 Å². The van der Waals surface area contributed by atoms with Crippen LogP contribution in [0.15, 0.2) is 4.99 Å². The summed E-state index contributed by atoms with van der Waals surface area (Å²) in [6.07, 6.45) is 8.20. The molecule has 2 atom stereocenters. The number of aliphatic imine (C=N–C) groups is 1. The van der Waals surface area contributed by atoms with Crippen molar-refractivity contribution in [1.82, 2.24) is 15.5 Å². The molecule has 0 amide bonds. The van der Waals surface area contributed by atoms with Gasteiger partial charge in [-0.1, -0.05) is 26.2 Å². The molecule has 0 aromatic carbocycles.